The molecule has 1 saturated heterocycles. The van der Waals surface area contributed by atoms with Gasteiger partial charge in [-0.05, 0) is 54.8 Å². The standard InChI is InChI=1S/C19H26N2O.ClH/c1-14(2)13-21-8-5-18(6-9-21)22-19-11-16-4-7-20-12-17(16)10-15(19)3;/h4,7,10-12,14,18H,5-6,8-9,13H2,1-3H3;1H. The van der Waals surface area contributed by atoms with E-state index in [4.69, 9.17) is 4.74 Å². The Hall–Kier alpha value is -1.32. The number of ether oxygens (including phenoxy) is 1. The van der Waals surface area contributed by atoms with Crippen LogP contribution in [0.15, 0.2) is 30.6 Å². The summed E-state index contributed by atoms with van der Waals surface area (Å²) in [7, 11) is 0. The van der Waals surface area contributed by atoms with Crippen LogP contribution in [0.1, 0.15) is 32.3 Å². The number of rotatable bonds is 4. The van der Waals surface area contributed by atoms with Gasteiger partial charge in [-0.2, -0.15) is 0 Å². The van der Waals surface area contributed by atoms with E-state index in [0.29, 0.717) is 6.10 Å². The molecule has 3 nitrogen and oxygen atoms in total. The van der Waals surface area contributed by atoms with Gasteiger partial charge in [-0.15, -0.1) is 12.4 Å². The van der Waals surface area contributed by atoms with Gasteiger partial charge in [0.2, 0.25) is 0 Å². The fraction of sp³-hybridized carbons (Fsp3) is 0.526. The number of hydrogen-bond donors (Lipinski definition) is 0. The monoisotopic (exact) mass is 334 g/mol. The average molecular weight is 335 g/mol. The van der Waals surface area contributed by atoms with Crippen LogP contribution < -0.4 is 4.74 Å². The molecule has 3 rings (SSSR count). The molecule has 126 valence electrons. The van der Waals surface area contributed by atoms with E-state index in [2.05, 4.69) is 42.8 Å². The van der Waals surface area contributed by atoms with Crippen molar-refractivity contribution in [3.05, 3.63) is 36.2 Å². The van der Waals surface area contributed by atoms with E-state index in [0.717, 1.165) is 37.6 Å². The Bertz CT molecular complexity index is 636. The van der Waals surface area contributed by atoms with E-state index in [9.17, 15) is 0 Å². The minimum atomic E-state index is 0. The molecular formula is C19H27ClN2O. The molecule has 1 fully saturated rings. The number of fused-ring (bicyclic) bond motifs is 1. The van der Waals surface area contributed by atoms with Crippen LogP contribution >= 0.6 is 12.4 Å². The molecule has 1 aromatic heterocycles. The van der Waals surface area contributed by atoms with Crippen LogP contribution in [-0.2, 0) is 0 Å². The van der Waals surface area contributed by atoms with Crippen LogP contribution in [0.2, 0.25) is 0 Å². The highest BCUT2D eigenvalue weighted by atomic mass is 35.5. The fourth-order valence-corrected chi connectivity index (χ4v) is 3.26. The van der Waals surface area contributed by atoms with Crippen LogP contribution in [0, 0.1) is 12.8 Å². The number of benzene rings is 1. The highest BCUT2D eigenvalue weighted by molar-refractivity contribution is 5.85. The van der Waals surface area contributed by atoms with Crippen LogP contribution in [-0.4, -0.2) is 35.6 Å². The Morgan fingerprint density at radius 3 is 2.65 bits per heavy atom. The summed E-state index contributed by atoms with van der Waals surface area (Å²) in [6, 6.07) is 6.38. The van der Waals surface area contributed by atoms with Crippen molar-refractivity contribution < 1.29 is 4.74 Å². The van der Waals surface area contributed by atoms with Gasteiger partial charge in [-0.3, -0.25) is 4.98 Å². The lowest BCUT2D eigenvalue weighted by Gasteiger charge is -2.33. The second-order valence-corrected chi connectivity index (χ2v) is 6.85. The molecule has 2 heterocycles. The largest absolute Gasteiger partial charge is 0.490 e. The van der Waals surface area contributed by atoms with E-state index in [1.165, 1.54) is 22.9 Å². The maximum absolute atomic E-state index is 6.30. The van der Waals surface area contributed by atoms with Gasteiger partial charge in [0.15, 0.2) is 0 Å². The normalized spacial score (nSPS) is 16.5. The van der Waals surface area contributed by atoms with Crippen LogP contribution in [0.5, 0.6) is 5.75 Å². The van der Waals surface area contributed by atoms with E-state index in [1.807, 2.05) is 18.5 Å². The van der Waals surface area contributed by atoms with Crippen molar-refractivity contribution in [1.82, 2.24) is 9.88 Å². The summed E-state index contributed by atoms with van der Waals surface area (Å²) in [6.07, 6.45) is 6.35. The third-order valence-electron chi connectivity index (χ3n) is 4.39. The second-order valence-electron chi connectivity index (χ2n) is 6.85. The molecule has 0 bridgehead atoms. The van der Waals surface area contributed by atoms with Crippen molar-refractivity contribution in [3.8, 4) is 5.75 Å². The van der Waals surface area contributed by atoms with Crippen molar-refractivity contribution in [2.45, 2.75) is 39.7 Å². The first-order chi connectivity index (χ1) is 10.6. The summed E-state index contributed by atoms with van der Waals surface area (Å²) in [5.74, 6) is 1.77. The average Bonchev–Trinajstić information content (AvgIpc) is 2.49. The number of pyridine rings is 1. The van der Waals surface area contributed by atoms with Crippen molar-refractivity contribution in [2.75, 3.05) is 19.6 Å². The molecule has 0 saturated carbocycles. The van der Waals surface area contributed by atoms with E-state index in [1.54, 1.807) is 0 Å². The molecule has 23 heavy (non-hydrogen) atoms. The van der Waals surface area contributed by atoms with E-state index < -0.39 is 0 Å². The summed E-state index contributed by atoms with van der Waals surface area (Å²) in [6.45, 7) is 10.2. The highest BCUT2D eigenvalue weighted by Gasteiger charge is 2.21. The molecule has 0 spiro atoms. The number of halogens is 1. The Balaban J connectivity index is 0.00000192. The number of nitrogens with zero attached hydrogens (tertiary/aromatic N) is 2. The lowest BCUT2D eigenvalue weighted by Crippen LogP contribution is -2.40. The van der Waals surface area contributed by atoms with E-state index in [-0.39, 0.29) is 12.4 Å². The summed E-state index contributed by atoms with van der Waals surface area (Å²) < 4.78 is 6.30. The Morgan fingerprint density at radius 2 is 1.96 bits per heavy atom. The van der Waals surface area contributed by atoms with Crippen molar-refractivity contribution >= 4 is 23.2 Å². The molecule has 0 unspecified atom stereocenters. The molecule has 0 radical (unpaired) electrons. The smallest absolute Gasteiger partial charge is 0.123 e. The van der Waals surface area contributed by atoms with Gasteiger partial charge >= 0.3 is 0 Å². The quantitative estimate of drug-likeness (QED) is 0.825. The van der Waals surface area contributed by atoms with Crippen LogP contribution in [0.4, 0.5) is 0 Å². The topological polar surface area (TPSA) is 25.4 Å². The zero-order chi connectivity index (χ0) is 15.5. The lowest BCUT2D eigenvalue weighted by molar-refractivity contribution is 0.0937. The minimum Gasteiger partial charge on any atom is -0.490 e. The number of piperidine rings is 1. The molecule has 0 N–H and O–H groups in total. The fourth-order valence-electron chi connectivity index (χ4n) is 3.26. The molecule has 4 heteroatoms. The van der Waals surface area contributed by atoms with Crippen LogP contribution in [0.25, 0.3) is 10.8 Å². The predicted molar refractivity (Wildman–Crippen MR) is 98.7 cm³/mol. The number of aromatic nitrogens is 1. The van der Waals surface area contributed by atoms with Crippen molar-refractivity contribution in [2.24, 2.45) is 5.92 Å². The van der Waals surface area contributed by atoms with Crippen molar-refractivity contribution in [1.29, 1.82) is 0 Å². The van der Waals surface area contributed by atoms with Crippen molar-refractivity contribution in [3.63, 3.8) is 0 Å². The first kappa shape index (κ1) is 18.0. The predicted octanol–water partition coefficient (Wildman–Crippen LogP) is 4.46. The molecule has 1 aliphatic rings. The zero-order valence-corrected chi connectivity index (χ0v) is 15.1. The maximum Gasteiger partial charge on any atom is 0.123 e. The molecule has 2 aromatic rings. The lowest BCUT2D eigenvalue weighted by atomic mass is 10.1. The second kappa shape index (κ2) is 7.98. The van der Waals surface area contributed by atoms with Gasteiger partial charge in [-0.25, -0.2) is 0 Å². The molecule has 0 aliphatic carbocycles. The van der Waals surface area contributed by atoms with Gasteiger partial charge in [0.05, 0.1) is 0 Å². The van der Waals surface area contributed by atoms with Gasteiger partial charge < -0.3 is 9.64 Å². The summed E-state index contributed by atoms with van der Waals surface area (Å²) in [5.41, 5.74) is 1.20. The third-order valence-corrected chi connectivity index (χ3v) is 4.39. The van der Waals surface area contributed by atoms with Gasteiger partial charge in [0, 0.05) is 37.4 Å². The number of hydrogen-bond acceptors (Lipinski definition) is 3. The Kier molecular flexibility index (Phi) is 6.25. The van der Waals surface area contributed by atoms with E-state index >= 15 is 0 Å². The van der Waals surface area contributed by atoms with Gasteiger partial charge in [0.25, 0.3) is 0 Å². The Morgan fingerprint density at radius 1 is 1.22 bits per heavy atom. The molecule has 1 aromatic carbocycles. The summed E-state index contributed by atoms with van der Waals surface area (Å²) in [5, 5.41) is 2.38. The number of likely N-dealkylation sites (tertiary alicyclic amines) is 1. The van der Waals surface area contributed by atoms with Crippen LogP contribution in [0.3, 0.4) is 0 Å². The van der Waals surface area contributed by atoms with Gasteiger partial charge in [0.1, 0.15) is 11.9 Å². The summed E-state index contributed by atoms with van der Waals surface area (Å²) >= 11 is 0. The first-order valence-corrected chi connectivity index (χ1v) is 8.35. The minimum absolute atomic E-state index is 0. The third kappa shape index (κ3) is 4.58. The van der Waals surface area contributed by atoms with Gasteiger partial charge in [-0.1, -0.05) is 13.8 Å². The first-order valence-electron chi connectivity index (χ1n) is 8.35. The molecule has 0 amide bonds. The molecular weight excluding hydrogens is 308 g/mol. The highest BCUT2D eigenvalue weighted by Crippen LogP contribution is 2.27. The number of aryl methyl sites for hydroxylation is 1. The maximum atomic E-state index is 6.30. The zero-order valence-electron chi connectivity index (χ0n) is 14.3. The summed E-state index contributed by atoms with van der Waals surface area (Å²) in [4.78, 5) is 6.74. The SMILES string of the molecule is Cc1cc2cnccc2cc1OC1CCN(CC(C)C)CC1.Cl. The Labute approximate surface area is 145 Å². The molecule has 0 atom stereocenters. The molecule has 1 aliphatic heterocycles.